The molecule has 2 fully saturated rings. The molecule has 2 rings (SSSR count). The number of piperidine rings is 1. The fourth-order valence-electron chi connectivity index (χ4n) is 2.90. The fourth-order valence-corrected chi connectivity index (χ4v) is 2.90. The second-order valence-electron chi connectivity index (χ2n) is 5.48. The van der Waals surface area contributed by atoms with E-state index < -0.39 is 6.04 Å². The van der Waals surface area contributed by atoms with E-state index >= 15 is 0 Å². The predicted octanol–water partition coefficient (Wildman–Crippen LogP) is -0.118. The van der Waals surface area contributed by atoms with Crippen molar-refractivity contribution in [3.05, 3.63) is 0 Å². The van der Waals surface area contributed by atoms with Gasteiger partial charge in [0.25, 0.3) is 0 Å². The summed E-state index contributed by atoms with van der Waals surface area (Å²) in [6.45, 7) is 2.38. The van der Waals surface area contributed by atoms with E-state index in [0.717, 1.165) is 19.4 Å². The monoisotopic (exact) mass is 283 g/mol. The van der Waals surface area contributed by atoms with Crippen LogP contribution in [0.25, 0.3) is 0 Å². The summed E-state index contributed by atoms with van der Waals surface area (Å²) in [4.78, 5) is 25.8. The Morgan fingerprint density at radius 2 is 2.25 bits per heavy atom. The first kappa shape index (κ1) is 15.3. The van der Waals surface area contributed by atoms with Crippen LogP contribution in [0.1, 0.15) is 32.1 Å². The van der Waals surface area contributed by atoms with Crippen LogP contribution >= 0.6 is 0 Å². The van der Waals surface area contributed by atoms with Crippen molar-refractivity contribution in [1.29, 1.82) is 0 Å². The Balaban J connectivity index is 1.83. The number of nitrogens with one attached hydrogen (secondary N) is 2. The van der Waals surface area contributed by atoms with Crippen LogP contribution in [0.15, 0.2) is 0 Å². The van der Waals surface area contributed by atoms with Crippen molar-refractivity contribution in [3.63, 3.8) is 0 Å². The SMILES string of the molecule is CNC(=O)C1COCCN1C(=O)CCC1CCCCN1. The highest BCUT2D eigenvalue weighted by Gasteiger charge is 2.32. The Morgan fingerprint density at radius 3 is 2.95 bits per heavy atom. The predicted molar refractivity (Wildman–Crippen MR) is 75.3 cm³/mol. The maximum atomic E-state index is 12.3. The third-order valence-corrected chi connectivity index (χ3v) is 4.12. The molecule has 20 heavy (non-hydrogen) atoms. The molecule has 2 N–H and O–H groups in total. The highest BCUT2D eigenvalue weighted by molar-refractivity contribution is 5.87. The van der Waals surface area contributed by atoms with E-state index in [2.05, 4.69) is 10.6 Å². The van der Waals surface area contributed by atoms with Gasteiger partial charge in [0.1, 0.15) is 6.04 Å². The molecule has 0 spiro atoms. The number of morpholine rings is 1. The number of amides is 2. The summed E-state index contributed by atoms with van der Waals surface area (Å²) < 4.78 is 5.31. The van der Waals surface area contributed by atoms with E-state index in [9.17, 15) is 9.59 Å². The van der Waals surface area contributed by atoms with Crippen molar-refractivity contribution >= 4 is 11.8 Å². The zero-order valence-corrected chi connectivity index (χ0v) is 12.2. The zero-order valence-electron chi connectivity index (χ0n) is 12.2. The van der Waals surface area contributed by atoms with E-state index in [-0.39, 0.29) is 11.8 Å². The van der Waals surface area contributed by atoms with Gasteiger partial charge in [0.15, 0.2) is 0 Å². The standard InChI is InChI=1S/C14H25N3O3/c1-15-14(19)12-10-20-9-8-17(12)13(18)6-5-11-4-2-3-7-16-11/h11-12,16H,2-10H2,1H3,(H,15,19). The van der Waals surface area contributed by atoms with Crippen LogP contribution in [0.2, 0.25) is 0 Å². The van der Waals surface area contributed by atoms with Crippen molar-refractivity contribution in [3.8, 4) is 0 Å². The summed E-state index contributed by atoms with van der Waals surface area (Å²) >= 11 is 0. The van der Waals surface area contributed by atoms with Gasteiger partial charge in [0.05, 0.1) is 13.2 Å². The van der Waals surface area contributed by atoms with Crippen LogP contribution in [-0.2, 0) is 14.3 Å². The van der Waals surface area contributed by atoms with E-state index in [1.807, 2.05) is 0 Å². The number of rotatable bonds is 4. The largest absolute Gasteiger partial charge is 0.377 e. The van der Waals surface area contributed by atoms with Crippen molar-refractivity contribution in [2.24, 2.45) is 0 Å². The minimum atomic E-state index is -0.472. The van der Waals surface area contributed by atoms with Crippen molar-refractivity contribution in [2.45, 2.75) is 44.2 Å². The fraction of sp³-hybridized carbons (Fsp3) is 0.857. The highest BCUT2D eigenvalue weighted by atomic mass is 16.5. The second kappa shape index (κ2) is 7.59. The summed E-state index contributed by atoms with van der Waals surface area (Å²) in [6, 6.07) is -0.0206. The van der Waals surface area contributed by atoms with E-state index in [4.69, 9.17) is 4.74 Å². The van der Waals surface area contributed by atoms with E-state index in [0.29, 0.717) is 32.2 Å². The number of ether oxygens (including phenoxy) is 1. The molecule has 0 radical (unpaired) electrons. The van der Waals surface area contributed by atoms with Crippen LogP contribution in [0.5, 0.6) is 0 Å². The second-order valence-corrected chi connectivity index (χ2v) is 5.48. The minimum Gasteiger partial charge on any atom is -0.377 e. The summed E-state index contributed by atoms with van der Waals surface area (Å²) in [7, 11) is 1.59. The van der Waals surface area contributed by atoms with Crippen LogP contribution in [0, 0.1) is 0 Å². The Kier molecular flexibility index (Phi) is 5.79. The molecule has 2 saturated heterocycles. The van der Waals surface area contributed by atoms with Gasteiger partial charge in [-0.1, -0.05) is 6.42 Å². The molecule has 0 aliphatic carbocycles. The number of carbonyl (C=O) groups is 2. The van der Waals surface area contributed by atoms with E-state index in [1.165, 1.54) is 12.8 Å². The molecule has 6 nitrogen and oxygen atoms in total. The number of carbonyl (C=O) groups excluding carboxylic acids is 2. The third kappa shape index (κ3) is 3.93. The normalized spacial score (nSPS) is 27.1. The molecule has 2 aliphatic rings. The van der Waals surface area contributed by atoms with Gasteiger partial charge in [-0.05, 0) is 25.8 Å². The molecule has 0 saturated carbocycles. The Bertz CT molecular complexity index is 343. The summed E-state index contributed by atoms with van der Waals surface area (Å²) in [5, 5.41) is 6.05. The molecule has 2 atom stereocenters. The lowest BCUT2D eigenvalue weighted by atomic mass is 10.00. The molecule has 2 unspecified atom stereocenters. The van der Waals surface area contributed by atoms with Crippen LogP contribution in [-0.4, -0.2) is 62.1 Å². The minimum absolute atomic E-state index is 0.0641. The topological polar surface area (TPSA) is 70.7 Å². The van der Waals surface area contributed by atoms with Gasteiger partial charge < -0.3 is 20.3 Å². The zero-order chi connectivity index (χ0) is 14.4. The van der Waals surface area contributed by atoms with Crippen LogP contribution in [0.4, 0.5) is 0 Å². The van der Waals surface area contributed by atoms with Crippen molar-refractivity contribution in [2.75, 3.05) is 33.4 Å². The molecule has 6 heteroatoms. The third-order valence-electron chi connectivity index (χ3n) is 4.12. The van der Waals surface area contributed by atoms with Crippen LogP contribution < -0.4 is 10.6 Å². The summed E-state index contributed by atoms with van der Waals surface area (Å²) in [5.41, 5.74) is 0. The highest BCUT2D eigenvalue weighted by Crippen LogP contribution is 2.15. The lowest BCUT2D eigenvalue weighted by molar-refractivity contribution is -0.148. The molecule has 114 valence electrons. The van der Waals surface area contributed by atoms with Gasteiger partial charge in [-0.15, -0.1) is 0 Å². The lowest BCUT2D eigenvalue weighted by Crippen LogP contribution is -2.55. The maximum Gasteiger partial charge on any atom is 0.244 e. The van der Waals surface area contributed by atoms with E-state index in [1.54, 1.807) is 11.9 Å². The van der Waals surface area contributed by atoms with Gasteiger partial charge in [-0.25, -0.2) is 0 Å². The first-order valence-corrected chi connectivity index (χ1v) is 7.54. The van der Waals surface area contributed by atoms with Crippen molar-refractivity contribution in [1.82, 2.24) is 15.5 Å². The molecular formula is C14H25N3O3. The molecule has 2 aliphatic heterocycles. The Labute approximate surface area is 120 Å². The molecule has 0 aromatic heterocycles. The molecule has 2 amide bonds. The smallest absolute Gasteiger partial charge is 0.244 e. The number of hydrogen-bond donors (Lipinski definition) is 2. The molecule has 0 aromatic rings. The van der Waals surface area contributed by atoms with Gasteiger partial charge >= 0.3 is 0 Å². The Hall–Kier alpha value is -1.14. The van der Waals surface area contributed by atoms with Gasteiger partial charge in [-0.3, -0.25) is 9.59 Å². The molecular weight excluding hydrogens is 258 g/mol. The maximum absolute atomic E-state index is 12.3. The van der Waals surface area contributed by atoms with Crippen LogP contribution in [0.3, 0.4) is 0 Å². The van der Waals surface area contributed by atoms with Gasteiger partial charge in [-0.2, -0.15) is 0 Å². The number of likely N-dealkylation sites (N-methyl/N-ethyl adjacent to an activating group) is 1. The van der Waals surface area contributed by atoms with Gasteiger partial charge in [0.2, 0.25) is 11.8 Å². The molecule has 2 heterocycles. The van der Waals surface area contributed by atoms with Gasteiger partial charge in [0, 0.05) is 26.1 Å². The van der Waals surface area contributed by atoms with Crippen molar-refractivity contribution < 1.29 is 14.3 Å². The number of hydrogen-bond acceptors (Lipinski definition) is 4. The average molecular weight is 283 g/mol. The first-order valence-electron chi connectivity index (χ1n) is 7.54. The molecule has 0 bridgehead atoms. The average Bonchev–Trinajstić information content (AvgIpc) is 2.52. The Morgan fingerprint density at radius 1 is 1.40 bits per heavy atom. The quantitative estimate of drug-likeness (QED) is 0.755. The lowest BCUT2D eigenvalue weighted by Gasteiger charge is -2.34. The summed E-state index contributed by atoms with van der Waals surface area (Å²) in [5.74, 6) is -0.0804. The summed E-state index contributed by atoms with van der Waals surface area (Å²) in [6.07, 6.45) is 4.98. The first-order chi connectivity index (χ1) is 9.72. The number of nitrogens with zero attached hydrogens (tertiary/aromatic N) is 1. The molecule has 0 aromatic carbocycles.